The van der Waals surface area contributed by atoms with Gasteiger partial charge in [0, 0.05) is 65.4 Å². The Balaban J connectivity index is -0.000000490. The van der Waals surface area contributed by atoms with Gasteiger partial charge in [-0.25, -0.2) is 0 Å². The summed E-state index contributed by atoms with van der Waals surface area (Å²) < 4.78 is 0. The van der Waals surface area contributed by atoms with Crippen LogP contribution in [0.5, 0.6) is 0 Å². The standard InChI is InChI=1S/C10H7N3.2CH3.2Y/c1-2-4-9(5-3-1)6-10-12-7-11-8-13-10;;;;/h1-5H,6H2;2*1H3;;/q-2;2*-1;;. The SMILES string of the molecule is [CH3-].[CH3-].[Y].[Y].[c-]1n[c-]nc(Cc2ccccc2)n1. The van der Waals surface area contributed by atoms with Gasteiger partial charge in [0.25, 0.3) is 0 Å². The minimum atomic E-state index is 0. The third-order valence-corrected chi connectivity index (χ3v) is 1.66. The zero-order valence-corrected chi connectivity index (χ0v) is 15.8. The van der Waals surface area contributed by atoms with Gasteiger partial charge in [-0.1, -0.05) is 42.3 Å². The molecule has 0 N–H and O–H groups in total. The average Bonchev–Trinajstić information content (AvgIpc) is 2.21. The molecule has 0 bridgehead atoms. The van der Waals surface area contributed by atoms with Crippen molar-refractivity contribution in [3.8, 4) is 0 Å². The maximum Gasteiger partial charge on any atom is 0 e. The molecule has 2 radical (unpaired) electrons. The number of benzene rings is 1. The fourth-order valence-electron chi connectivity index (χ4n) is 1.07. The predicted octanol–water partition coefficient (Wildman–Crippen LogP) is 1.96. The van der Waals surface area contributed by atoms with E-state index in [1.165, 1.54) is 5.56 Å². The average molecular weight is 377 g/mol. The first-order chi connectivity index (χ1) is 6.45. The molecule has 0 aliphatic carbocycles. The summed E-state index contributed by atoms with van der Waals surface area (Å²) in [6.45, 7) is 0. The van der Waals surface area contributed by atoms with Crippen LogP contribution in [0.15, 0.2) is 30.3 Å². The van der Waals surface area contributed by atoms with Crippen molar-refractivity contribution in [2.45, 2.75) is 6.42 Å². The van der Waals surface area contributed by atoms with Crippen molar-refractivity contribution in [2.24, 2.45) is 0 Å². The molecule has 0 fully saturated rings. The molecule has 86 valence electrons. The van der Waals surface area contributed by atoms with E-state index in [-0.39, 0.29) is 80.3 Å². The monoisotopic (exact) mass is 377 g/mol. The number of nitrogens with zero attached hydrogens (tertiary/aromatic N) is 3. The van der Waals surface area contributed by atoms with E-state index in [9.17, 15) is 0 Å². The van der Waals surface area contributed by atoms with Crippen molar-refractivity contribution in [1.29, 1.82) is 0 Å². The molecule has 0 saturated heterocycles. The molecule has 1 aromatic carbocycles. The number of rotatable bonds is 2. The van der Waals surface area contributed by atoms with E-state index in [1.54, 1.807) is 0 Å². The molecule has 17 heavy (non-hydrogen) atoms. The van der Waals surface area contributed by atoms with Crippen LogP contribution in [-0.4, -0.2) is 15.0 Å². The van der Waals surface area contributed by atoms with Gasteiger partial charge in [-0.15, -0.1) is 5.82 Å². The first kappa shape index (κ1) is 22.6. The Hall–Kier alpha value is 0.438. The quantitative estimate of drug-likeness (QED) is 0.752. The Labute approximate surface area is 154 Å². The smallest absolute Gasteiger partial charge is 0 e. The summed E-state index contributed by atoms with van der Waals surface area (Å²) in [5.41, 5.74) is 1.18. The Morgan fingerprint density at radius 1 is 0.882 bits per heavy atom. The second-order valence-electron chi connectivity index (χ2n) is 2.61. The first-order valence-electron chi connectivity index (χ1n) is 3.96. The minimum absolute atomic E-state index is 0. The van der Waals surface area contributed by atoms with Gasteiger partial charge in [-0.05, 0) is 0 Å². The molecule has 0 unspecified atom stereocenters. The first-order valence-corrected chi connectivity index (χ1v) is 3.96. The summed E-state index contributed by atoms with van der Waals surface area (Å²) in [5, 5.41) is 0. The molecule has 0 saturated carbocycles. The maximum atomic E-state index is 3.90. The molecule has 0 amide bonds. The predicted molar refractivity (Wildman–Crippen MR) is 59.6 cm³/mol. The molecular weight excluding hydrogens is 364 g/mol. The van der Waals surface area contributed by atoms with Crippen LogP contribution < -0.4 is 0 Å². The van der Waals surface area contributed by atoms with Gasteiger partial charge in [0.05, 0.1) is 0 Å². The van der Waals surface area contributed by atoms with Crippen LogP contribution in [0.1, 0.15) is 11.4 Å². The van der Waals surface area contributed by atoms with Gasteiger partial charge >= 0.3 is 0 Å². The van der Waals surface area contributed by atoms with Crippen molar-refractivity contribution in [3.05, 3.63) is 69.2 Å². The summed E-state index contributed by atoms with van der Waals surface area (Å²) in [6, 6.07) is 10.0. The molecule has 2 aromatic rings. The van der Waals surface area contributed by atoms with E-state index in [4.69, 9.17) is 0 Å². The Morgan fingerprint density at radius 3 is 1.94 bits per heavy atom. The van der Waals surface area contributed by atoms with Crippen molar-refractivity contribution in [3.63, 3.8) is 0 Å². The molecule has 0 spiro atoms. The van der Waals surface area contributed by atoms with Crippen molar-refractivity contribution < 1.29 is 65.4 Å². The fourth-order valence-corrected chi connectivity index (χ4v) is 1.07. The van der Waals surface area contributed by atoms with Gasteiger partial charge < -0.3 is 29.8 Å². The van der Waals surface area contributed by atoms with Gasteiger partial charge in [0.1, 0.15) is 0 Å². The van der Waals surface area contributed by atoms with Crippen molar-refractivity contribution in [1.82, 2.24) is 15.0 Å². The molecule has 1 aromatic heterocycles. The summed E-state index contributed by atoms with van der Waals surface area (Å²) in [7, 11) is 0. The van der Waals surface area contributed by atoms with Crippen LogP contribution >= 0.6 is 0 Å². The molecule has 5 heteroatoms. The van der Waals surface area contributed by atoms with Gasteiger partial charge in [0.2, 0.25) is 0 Å². The van der Waals surface area contributed by atoms with Crippen molar-refractivity contribution >= 4 is 0 Å². The summed E-state index contributed by atoms with van der Waals surface area (Å²) in [5.74, 6) is 0.696. The molecule has 0 aliphatic heterocycles. The van der Waals surface area contributed by atoms with Gasteiger partial charge in [0.15, 0.2) is 0 Å². The summed E-state index contributed by atoms with van der Waals surface area (Å²) in [4.78, 5) is 11.3. The normalized spacial score (nSPS) is 7.53. The van der Waals surface area contributed by atoms with E-state index >= 15 is 0 Å². The van der Waals surface area contributed by atoms with Crippen LogP contribution in [-0.2, 0) is 71.8 Å². The topological polar surface area (TPSA) is 38.7 Å². The minimum Gasteiger partial charge on any atom is -0.505 e. The van der Waals surface area contributed by atoms with Crippen LogP contribution in [0.2, 0.25) is 0 Å². The second kappa shape index (κ2) is 12.9. The zero-order valence-electron chi connectivity index (χ0n) is 10.1. The van der Waals surface area contributed by atoms with Gasteiger partial charge in [-0.2, -0.15) is 12.7 Å². The van der Waals surface area contributed by atoms with E-state index < -0.39 is 0 Å². The second-order valence-corrected chi connectivity index (χ2v) is 2.61. The van der Waals surface area contributed by atoms with E-state index in [0.717, 1.165) is 0 Å². The Morgan fingerprint density at radius 2 is 1.41 bits per heavy atom. The molecule has 0 atom stereocenters. The van der Waals surface area contributed by atoms with Gasteiger partial charge in [-0.3, -0.25) is 0 Å². The van der Waals surface area contributed by atoms with Crippen LogP contribution in [0.25, 0.3) is 0 Å². The third-order valence-electron chi connectivity index (χ3n) is 1.66. The largest absolute Gasteiger partial charge is 0.505 e. The zero-order chi connectivity index (χ0) is 8.93. The van der Waals surface area contributed by atoms with Crippen LogP contribution in [0.3, 0.4) is 0 Å². The number of hydrogen-bond acceptors (Lipinski definition) is 3. The molecule has 1 heterocycles. The molecule has 0 aliphatic rings. The van der Waals surface area contributed by atoms with E-state index in [1.807, 2.05) is 30.3 Å². The Bertz CT molecular complexity index is 331. The molecular formula is C12H13N3Y2-4. The molecule has 3 nitrogen and oxygen atoms in total. The molecule has 2 rings (SSSR count). The third kappa shape index (κ3) is 8.20. The number of aromatic nitrogens is 3. The number of hydrogen-bond donors (Lipinski definition) is 0. The van der Waals surface area contributed by atoms with E-state index in [2.05, 4.69) is 27.6 Å². The van der Waals surface area contributed by atoms with E-state index in [0.29, 0.717) is 12.2 Å². The van der Waals surface area contributed by atoms with Crippen LogP contribution in [0, 0.1) is 27.5 Å². The summed E-state index contributed by atoms with van der Waals surface area (Å²) >= 11 is 0. The van der Waals surface area contributed by atoms with Crippen molar-refractivity contribution in [2.75, 3.05) is 0 Å². The maximum absolute atomic E-state index is 3.90. The summed E-state index contributed by atoms with van der Waals surface area (Å²) in [6.07, 6.45) is 5.63. The fraction of sp³-hybridized carbons (Fsp3) is 0.0833. The van der Waals surface area contributed by atoms with Crippen LogP contribution in [0.4, 0.5) is 0 Å². The Kier molecular flexibility index (Phi) is 17.1.